The van der Waals surface area contributed by atoms with Crippen molar-refractivity contribution in [3.63, 3.8) is 0 Å². The molecule has 0 atom stereocenters. The van der Waals surface area contributed by atoms with Gasteiger partial charge in [0.05, 0.1) is 5.60 Å². The number of halogens is 1. The molecule has 0 bridgehead atoms. The quantitative estimate of drug-likeness (QED) is 0.774. The molecule has 0 radical (unpaired) electrons. The van der Waals surface area contributed by atoms with Gasteiger partial charge in [0.2, 0.25) is 0 Å². The van der Waals surface area contributed by atoms with Gasteiger partial charge in [-0.15, -0.1) is 0 Å². The summed E-state index contributed by atoms with van der Waals surface area (Å²) < 4.78 is 7.04. The van der Waals surface area contributed by atoms with Gasteiger partial charge in [-0.3, -0.25) is 9.36 Å². The zero-order chi connectivity index (χ0) is 13.9. The maximum Gasteiger partial charge on any atom is 0.254 e. The highest BCUT2D eigenvalue weighted by Gasteiger charge is 2.18. The standard InChI is InChI=1S/C13H21ClN2O2/c1-9(2)12-15-10(14)8-11(17)16(12)7-6-13(3,4)18-5/h8-9H,6-7H2,1-5H3. The summed E-state index contributed by atoms with van der Waals surface area (Å²) in [5, 5.41) is 0.256. The lowest BCUT2D eigenvalue weighted by Gasteiger charge is -2.24. The zero-order valence-electron chi connectivity index (χ0n) is 11.7. The second-order valence-corrected chi connectivity index (χ2v) is 5.68. The predicted molar refractivity (Wildman–Crippen MR) is 73.3 cm³/mol. The molecule has 0 spiro atoms. The Morgan fingerprint density at radius 1 is 1.50 bits per heavy atom. The first kappa shape index (κ1) is 15.2. The van der Waals surface area contributed by atoms with E-state index in [0.29, 0.717) is 6.54 Å². The number of aromatic nitrogens is 2. The molecule has 0 fully saturated rings. The summed E-state index contributed by atoms with van der Waals surface area (Å²) in [4.78, 5) is 16.2. The smallest absolute Gasteiger partial charge is 0.254 e. The Bertz CT molecular complexity index is 467. The number of ether oxygens (including phenoxy) is 1. The summed E-state index contributed by atoms with van der Waals surface area (Å²) in [5.41, 5.74) is -0.363. The summed E-state index contributed by atoms with van der Waals surface area (Å²) in [6.45, 7) is 8.57. The van der Waals surface area contributed by atoms with Gasteiger partial charge in [0, 0.05) is 25.6 Å². The number of hydrogen-bond donors (Lipinski definition) is 0. The van der Waals surface area contributed by atoms with E-state index >= 15 is 0 Å². The van der Waals surface area contributed by atoms with Crippen LogP contribution in [-0.2, 0) is 11.3 Å². The molecular formula is C13H21ClN2O2. The van der Waals surface area contributed by atoms with Crippen LogP contribution in [0.4, 0.5) is 0 Å². The molecule has 1 aromatic rings. The molecule has 0 amide bonds. The third kappa shape index (κ3) is 3.82. The van der Waals surface area contributed by atoms with E-state index in [1.807, 2.05) is 27.7 Å². The van der Waals surface area contributed by atoms with Crippen LogP contribution in [0.25, 0.3) is 0 Å². The Labute approximate surface area is 113 Å². The molecule has 0 saturated carbocycles. The van der Waals surface area contributed by atoms with Crippen molar-refractivity contribution in [2.45, 2.75) is 52.2 Å². The average Bonchev–Trinajstić information content (AvgIpc) is 2.26. The molecule has 0 aromatic carbocycles. The summed E-state index contributed by atoms with van der Waals surface area (Å²) in [6.07, 6.45) is 0.742. The maximum atomic E-state index is 12.0. The summed E-state index contributed by atoms with van der Waals surface area (Å²) in [7, 11) is 1.67. The average molecular weight is 273 g/mol. The van der Waals surface area contributed by atoms with Gasteiger partial charge in [-0.2, -0.15) is 0 Å². The molecule has 0 aliphatic heterocycles. The molecule has 102 valence electrons. The van der Waals surface area contributed by atoms with Crippen molar-refractivity contribution in [2.24, 2.45) is 0 Å². The first-order valence-corrected chi connectivity index (χ1v) is 6.47. The molecule has 0 aliphatic rings. The fraction of sp³-hybridized carbons (Fsp3) is 0.692. The highest BCUT2D eigenvalue weighted by atomic mass is 35.5. The minimum Gasteiger partial charge on any atom is -0.379 e. The van der Waals surface area contributed by atoms with Crippen LogP contribution in [0.3, 0.4) is 0 Å². The molecule has 1 heterocycles. The van der Waals surface area contributed by atoms with Crippen LogP contribution in [-0.4, -0.2) is 22.3 Å². The second kappa shape index (κ2) is 5.85. The van der Waals surface area contributed by atoms with Crippen LogP contribution < -0.4 is 5.56 Å². The topological polar surface area (TPSA) is 44.1 Å². The first-order chi connectivity index (χ1) is 8.26. The van der Waals surface area contributed by atoms with Gasteiger partial charge in [0.15, 0.2) is 0 Å². The van der Waals surface area contributed by atoms with Gasteiger partial charge in [0.25, 0.3) is 5.56 Å². The van der Waals surface area contributed by atoms with Crippen molar-refractivity contribution in [3.8, 4) is 0 Å². The highest BCUT2D eigenvalue weighted by molar-refractivity contribution is 6.29. The van der Waals surface area contributed by atoms with E-state index in [1.165, 1.54) is 6.07 Å². The van der Waals surface area contributed by atoms with Gasteiger partial charge < -0.3 is 4.74 Å². The van der Waals surface area contributed by atoms with Crippen LogP contribution >= 0.6 is 11.6 Å². The maximum absolute atomic E-state index is 12.0. The molecule has 1 rings (SSSR count). The predicted octanol–water partition coefficient (Wildman–Crippen LogP) is 2.84. The molecule has 4 nitrogen and oxygen atoms in total. The van der Waals surface area contributed by atoms with Crippen molar-refractivity contribution in [3.05, 3.63) is 27.4 Å². The SMILES string of the molecule is COC(C)(C)CCn1c(C(C)C)nc(Cl)cc1=O. The Kier molecular flexibility index (Phi) is 4.93. The van der Waals surface area contributed by atoms with Gasteiger partial charge in [0.1, 0.15) is 11.0 Å². The molecular weight excluding hydrogens is 252 g/mol. The van der Waals surface area contributed by atoms with Gasteiger partial charge in [-0.05, 0) is 20.3 Å². The minimum atomic E-state index is -0.257. The third-order valence-electron chi connectivity index (χ3n) is 3.01. The van der Waals surface area contributed by atoms with Crippen molar-refractivity contribution in [2.75, 3.05) is 7.11 Å². The van der Waals surface area contributed by atoms with Crippen LogP contribution in [0.1, 0.15) is 45.9 Å². The Balaban J connectivity index is 3.05. The Hall–Kier alpha value is -0.870. The van der Waals surface area contributed by atoms with E-state index in [1.54, 1.807) is 11.7 Å². The van der Waals surface area contributed by atoms with E-state index in [0.717, 1.165) is 12.2 Å². The zero-order valence-corrected chi connectivity index (χ0v) is 12.4. The molecule has 0 saturated heterocycles. The largest absolute Gasteiger partial charge is 0.379 e. The lowest BCUT2D eigenvalue weighted by Crippen LogP contribution is -2.30. The van der Waals surface area contributed by atoms with E-state index < -0.39 is 0 Å². The summed E-state index contributed by atoms with van der Waals surface area (Å²) in [5.74, 6) is 0.876. The van der Waals surface area contributed by atoms with Gasteiger partial charge >= 0.3 is 0 Å². The summed E-state index contributed by atoms with van der Waals surface area (Å²) in [6, 6.07) is 1.35. The van der Waals surface area contributed by atoms with E-state index in [9.17, 15) is 4.79 Å². The normalized spacial score (nSPS) is 12.2. The fourth-order valence-corrected chi connectivity index (χ4v) is 1.82. The van der Waals surface area contributed by atoms with Crippen LogP contribution in [0, 0.1) is 0 Å². The molecule has 0 aliphatic carbocycles. The van der Waals surface area contributed by atoms with Crippen molar-refractivity contribution >= 4 is 11.6 Å². The van der Waals surface area contributed by atoms with Crippen LogP contribution in [0.2, 0.25) is 5.15 Å². The van der Waals surface area contributed by atoms with Crippen LogP contribution in [0.15, 0.2) is 10.9 Å². The molecule has 1 aromatic heterocycles. The number of nitrogens with zero attached hydrogens (tertiary/aromatic N) is 2. The third-order valence-corrected chi connectivity index (χ3v) is 3.21. The van der Waals surface area contributed by atoms with Gasteiger partial charge in [-0.1, -0.05) is 25.4 Å². The van der Waals surface area contributed by atoms with Crippen molar-refractivity contribution < 1.29 is 4.74 Å². The number of methoxy groups -OCH3 is 1. The van der Waals surface area contributed by atoms with E-state index in [4.69, 9.17) is 16.3 Å². The number of hydrogen-bond acceptors (Lipinski definition) is 3. The minimum absolute atomic E-state index is 0.106. The Morgan fingerprint density at radius 2 is 2.11 bits per heavy atom. The van der Waals surface area contributed by atoms with E-state index in [2.05, 4.69) is 4.98 Å². The van der Waals surface area contributed by atoms with Gasteiger partial charge in [-0.25, -0.2) is 4.98 Å². The monoisotopic (exact) mass is 272 g/mol. The molecule has 18 heavy (non-hydrogen) atoms. The summed E-state index contributed by atoms with van der Waals surface area (Å²) >= 11 is 5.83. The number of rotatable bonds is 5. The molecule has 0 N–H and O–H groups in total. The van der Waals surface area contributed by atoms with E-state index in [-0.39, 0.29) is 22.2 Å². The molecule has 5 heteroatoms. The highest BCUT2D eigenvalue weighted by Crippen LogP contribution is 2.17. The second-order valence-electron chi connectivity index (χ2n) is 5.30. The van der Waals surface area contributed by atoms with Crippen LogP contribution in [0.5, 0.6) is 0 Å². The lowest BCUT2D eigenvalue weighted by atomic mass is 10.1. The fourth-order valence-electron chi connectivity index (χ4n) is 1.64. The van der Waals surface area contributed by atoms with Crippen molar-refractivity contribution in [1.82, 2.24) is 9.55 Å². The lowest BCUT2D eigenvalue weighted by molar-refractivity contribution is 0.0116. The Morgan fingerprint density at radius 3 is 2.61 bits per heavy atom. The first-order valence-electron chi connectivity index (χ1n) is 6.09. The molecule has 0 unspecified atom stereocenters. The van der Waals surface area contributed by atoms with Crippen molar-refractivity contribution in [1.29, 1.82) is 0 Å².